The van der Waals surface area contributed by atoms with E-state index in [0.29, 0.717) is 17.1 Å². The van der Waals surface area contributed by atoms with Gasteiger partial charge in [-0.05, 0) is 42.0 Å². The second kappa shape index (κ2) is 7.29. The van der Waals surface area contributed by atoms with E-state index in [2.05, 4.69) is 48.4 Å². The summed E-state index contributed by atoms with van der Waals surface area (Å²) in [6, 6.07) is 12.3. The maximum Gasteiger partial charge on any atom is 0.260 e. The molecular weight excluding hydrogens is 374 g/mol. The first-order valence-corrected chi connectivity index (χ1v) is 10.7. The first-order chi connectivity index (χ1) is 13.0. The number of nitrogens with zero attached hydrogens (tertiary/aromatic N) is 1. The molecule has 27 heavy (non-hydrogen) atoms. The van der Waals surface area contributed by atoms with Crippen LogP contribution in [0, 0.1) is 0 Å². The quantitative estimate of drug-likeness (QED) is 0.435. The number of hydrogen-bond acceptors (Lipinski definition) is 5. The lowest BCUT2D eigenvalue weighted by atomic mass is 10.0. The molecule has 1 aromatic carbocycles. The molecule has 1 atom stereocenters. The van der Waals surface area contributed by atoms with Crippen molar-refractivity contribution in [1.82, 2.24) is 9.97 Å². The Morgan fingerprint density at radius 1 is 1.07 bits per heavy atom. The highest BCUT2D eigenvalue weighted by Crippen LogP contribution is 2.33. The number of H-pyrrole nitrogens is 1. The van der Waals surface area contributed by atoms with Gasteiger partial charge in [-0.1, -0.05) is 32.0 Å². The Kier molecular flexibility index (Phi) is 4.85. The number of rotatable bonds is 5. The summed E-state index contributed by atoms with van der Waals surface area (Å²) < 4.78 is 0. The van der Waals surface area contributed by atoms with Gasteiger partial charge in [0.25, 0.3) is 5.56 Å². The molecule has 6 heteroatoms. The van der Waals surface area contributed by atoms with Crippen LogP contribution in [0.4, 0.5) is 5.69 Å². The zero-order valence-corrected chi connectivity index (χ0v) is 17.1. The van der Waals surface area contributed by atoms with Crippen molar-refractivity contribution in [3.63, 3.8) is 0 Å². The molecule has 0 amide bonds. The predicted molar refractivity (Wildman–Crippen MR) is 116 cm³/mol. The third kappa shape index (κ3) is 3.55. The fourth-order valence-corrected chi connectivity index (χ4v) is 4.84. The van der Waals surface area contributed by atoms with Crippen LogP contribution in [-0.2, 0) is 0 Å². The van der Waals surface area contributed by atoms with E-state index in [1.165, 1.54) is 16.9 Å². The van der Waals surface area contributed by atoms with E-state index < -0.39 is 0 Å². The van der Waals surface area contributed by atoms with Crippen LogP contribution in [0.25, 0.3) is 20.7 Å². The molecule has 0 bridgehead atoms. The zero-order chi connectivity index (χ0) is 19.0. The summed E-state index contributed by atoms with van der Waals surface area (Å²) in [6.45, 7) is 6.37. The van der Waals surface area contributed by atoms with E-state index in [1.807, 2.05) is 29.8 Å². The van der Waals surface area contributed by atoms with Gasteiger partial charge in [0.2, 0.25) is 0 Å². The SMILES string of the molecule is CC(C)c1ccc(N[C@H](C)c2nc3scc(-c4cccs4)c3c(=O)[nH]2)cc1. The molecule has 0 radical (unpaired) electrons. The fourth-order valence-electron chi connectivity index (χ4n) is 3.07. The molecule has 0 saturated carbocycles. The molecule has 0 fully saturated rings. The number of hydrogen-bond donors (Lipinski definition) is 2. The van der Waals surface area contributed by atoms with Crippen molar-refractivity contribution in [1.29, 1.82) is 0 Å². The van der Waals surface area contributed by atoms with Crippen LogP contribution in [0.3, 0.4) is 0 Å². The maximum absolute atomic E-state index is 12.7. The molecule has 0 saturated heterocycles. The van der Waals surface area contributed by atoms with Crippen molar-refractivity contribution in [2.24, 2.45) is 0 Å². The van der Waals surface area contributed by atoms with Crippen LogP contribution in [-0.4, -0.2) is 9.97 Å². The number of anilines is 1. The lowest BCUT2D eigenvalue weighted by Crippen LogP contribution is -2.17. The first-order valence-electron chi connectivity index (χ1n) is 8.94. The Morgan fingerprint density at radius 3 is 2.52 bits per heavy atom. The summed E-state index contributed by atoms with van der Waals surface area (Å²) in [5.74, 6) is 1.16. The minimum absolute atomic E-state index is 0.0801. The van der Waals surface area contributed by atoms with Crippen LogP contribution in [0.1, 0.15) is 44.1 Å². The van der Waals surface area contributed by atoms with Crippen molar-refractivity contribution in [2.75, 3.05) is 5.32 Å². The average molecular weight is 396 g/mol. The van der Waals surface area contributed by atoms with Gasteiger partial charge in [0.1, 0.15) is 10.7 Å². The summed E-state index contributed by atoms with van der Waals surface area (Å²) in [5, 5.41) is 8.14. The Hall–Kier alpha value is -2.44. The standard InChI is InChI=1S/C21H21N3OS2/c1-12(2)14-6-8-15(9-7-14)22-13(3)19-23-20(25)18-16(11-27-21(18)24-19)17-5-4-10-26-17/h4-13,22H,1-3H3,(H,23,24,25)/t13-/m1/s1. The van der Waals surface area contributed by atoms with Gasteiger partial charge in [-0.15, -0.1) is 22.7 Å². The van der Waals surface area contributed by atoms with E-state index in [4.69, 9.17) is 4.98 Å². The molecule has 4 aromatic rings. The molecule has 3 heterocycles. The molecule has 4 rings (SSSR count). The van der Waals surface area contributed by atoms with Crippen LogP contribution in [0.15, 0.2) is 52.0 Å². The van der Waals surface area contributed by atoms with Gasteiger partial charge < -0.3 is 10.3 Å². The van der Waals surface area contributed by atoms with E-state index in [1.54, 1.807) is 11.3 Å². The second-order valence-corrected chi connectivity index (χ2v) is 8.71. The van der Waals surface area contributed by atoms with Crippen LogP contribution in [0.5, 0.6) is 0 Å². The van der Waals surface area contributed by atoms with Gasteiger partial charge in [0.15, 0.2) is 0 Å². The molecule has 0 aliphatic heterocycles. The molecular formula is C21H21N3OS2. The fraction of sp³-hybridized carbons (Fsp3) is 0.238. The molecule has 2 N–H and O–H groups in total. The van der Waals surface area contributed by atoms with Crippen LogP contribution < -0.4 is 10.9 Å². The highest BCUT2D eigenvalue weighted by molar-refractivity contribution is 7.18. The van der Waals surface area contributed by atoms with Gasteiger partial charge in [0.05, 0.1) is 11.4 Å². The van der Waals surface area contributed by atoms with Gasteiger partial charge in [-0.2, -0.15) is 0 Å². The molecule has 138 valence electrons. The number of thiophene rings is 2. The molecule has 4 nitrogen and oxygen atoms in total. The van der Waals surface area contributed by atoms with Crippen molar-refractivity contribution in [3.05, 3.63) is 68.9 Å². The minimum Gasteiger partial charge on any atom is -0.375 e. The Labute approximate surface area is 165 Å². The Balaban J connectivity index is 1.63. The first kappa shape index (κ1) is 17.9. The van der Waals surface area contributed by atoms with Crippen molar-refractivity contribution >= 4 is 38.6 Å². The third-order valence-corrected chi connectivity index (χ3v) is 6.39. The van der Waals surface area contributed by atoms with Crippen molar-refractivity contribution in [3.8, 4) is 10.4 Å². The van der Waals surface area contributed by atoms with E-state index in [-0.39, 0.29) is 11.6 Å². The van der Waals surface area contributed by atoms with E-state index in [0.717, 1.165) is 21.0 Å². The summed E-state index contributed by atoms with van der Waals surface area (Å²) in [4.78, 5) is 22.3. The average Bonchev–Trinajstić information content (AvgIpc) is 3.31. The van der Waals surface area contributed by atoms with Crippen LogP contribution >= 0.6 is 22.7 Å². The largest absolute Gasteiger partial charge is 0.375 e. The molecule has 0 unspecified atom stereocenters. The van der Waals surface area contributed by atoms with Crippen LogP contribution in [0.2, 0.25) is 0 Å². The van der Waals surface area contributed by atoms with Gasteiger partial charge in [-0.3, -0.25) is 4.79 Å². The second-order valence-electron chi connectivity index (χ2n) is 6.90. The topological polar surface area (TPSA) is 57.8 Å². The molecule has 0 aliphatic rings. The Bertz CT molecular complexity index is 1110. The monoisotopic (exact) mass is 395 g/mol. The van der Waals surface area contributed by atoms with E-state index >= 15 is 0 Å². The zero-order valence-electron chi connectivity index (χ0n) is 15.4. The van der Waals surface area contributed by atoms with Crippen molar-refractivity contribution < 1.29 is 0 Å². The van der Waals surface area contributed by atoms with Gasteiger partial charge in [-0.25, -0.2) is 4.98 Å². The minimum atomic E-state index is -0.0979. The number of aromatic amines is 1. The van der Waals surface area contributed by atoms with Gasteiger partial charge in [0, 0.05) is 21.5 Å². The Morgan fingerprint density at radius 2 is 1.85 bits per heavy atom. The summed E-state index contributed by atoms with van der Waals surface area (Å²) >= 11 is 3.15. The maximum atomic E-state index is 12.7. The van der Waals surface area contributed by atoms with Crippen molar-refractivity contribution in [2.45, 2.75) is 32.7 Å². The lowest BCUT2D eigenvalue weighted by Gasteiger charge is -2.15. The molecule has 3 aromatic heterocycles. The number of nitrogens with one attached hydrogen (secondary N) is 2. The third-order valence-electron chi connectivity index (χ3n) is 4.62. The molecule has 0 spiro atoms. The highest BCUT2D eigenvalue weighted by atomic mass is 32.1. The van der Waals surface area contributed by atoms with E-state index in [9.17, 15) is 4.79 Å². The predicted octanol–water partition coefficient (Wildman–Crippen LogP) is 6.01. The normalized spacial score (nSPS) is 12.6. The highest BCUT2D eigenvalue weighted by Gasteiger charge is 2.16. The summed E-state index contributed by atoms with van der Waals surface area (Å²) in [7, 11) is 0. The lowest BCUT2D eigenvalue weighted by molar-refractivity contribution is 0.792. The summed E-state index contributed by atoms with van der Waals surface area (Å²) in [5.41, 5.74) is 3.21. The van der Waals surface area contributed by atoms with Gasteiger partial charge >= 0.3 is 0 Å². The number of aromatic nitrogens is 2. The number of fused-ring (bicyclic) bond motifs is 1. The molecule has 0 aliphatic carbocycles. The number of benzene rings is 1. The summed E-state index contributed by atoms with van der Waals surface area (Å²) in [6.07, 6.45) is 0. The smallest absolute Gasteiger partial charge is 0.260 e.